The summed E-state index contributed by atoms with van der Waals surface area (Å²) in [4.78, 5) is 0. The Labute approximate surface area is 175 Å². The van der Waals surface area contributed by atoms with Gasteiger partial charge in [0.05, 0.1) is 11.7 Å². The van der Waals surface area contributed by atoms with E-state index < -0.39 is 34.2 Å². The lowest BCUT2D eigenvalue weighted by Crippen LogP contribution is -2.34. The molecule has 1 aliphatic rings. The molecule has 1 N–H and O–H groups in total. The standard InChI is InChI=1S/C20H29F6NO2S/c1-18(2,3)30(4,5)29-15-9-6-13(7-10-15)27-14-8-11-17(28-20(24,25)26)16(12-14)19(21,22)23/h8,11-13,15,27H,6-7,9-10H2,1-5H3. The average Bonchev–Trinajstić information content (AvgIpc) is 2.54. The SMILES string of the molecule is CC(C)(C)S(C)(C)OC1CCC(Nc2ccc(OC(F)(F)F)c(C(F)(F)F)c2)CC1. The van der Waals surface area contributed by atoms with Crippen LogP contribution in [0.15, 0.2) is 18.2 Å². The fourth-order valence-corrected chi connectivity index (χ4v) is 4.24. The van der Waals surface area contributed by atoms with Gasteiger partial charge in [0, 0.05) is 16.5 Å². The number of benzene rings is 1. The lowest BCUT2D eigenvalue weighted by molar-refractivity contribution is -0.276. The molecule has 1 aliphatic carbocycles. The van der Waals surface area contributed by atoms with Crippen molar-refractivity contribution < 1.29 is 35.3 Å². The molecule has 0 unspecified atom stereocenters. The van der Waals surface area contributed by atoms with Crippen LogP contribution in [0.4, 0.5) is 32.0 Å². The Morgan fingerprint density at radius 2 is 1.50 bits per heavy atom. The van der Waals surface area contributed by atoms with Gasteiger partial charge in [-0.25, -0.2) is 0 Å². The van der Waals surface area contributed by atoms with E-state index in [0.29, 0.717) is 25.0 Å². The van der Waals surface area contributed by atoms with E-state index >= 15 is 0 Å². The molecule has 0 aromatic heterocycles. The van der Waals surface area contributed by atoms with Crippen LogP contribution >= 0.6 is 10.3 Å². The first-order valence-electron chi connectivity index (χ1n) is 9.62. The van der Waals surface area contributed by atoms with Crippen LogP contribution in [0.5, 0.6) is 5.75 Å². The molecule has 2 rings (SSSR count). The van der Waals surface area contributed by atoms with Crippen LogP contribution in [0, 0.1) is 0 Å². The predicted molar refractivity (Wildman–Crippen MR) is 108 cm³/mol. The molecule has 174 valence electrons. The zero-order valence-electron chi connectivity index (χ0n) is 17.7. The molecule has 1 aromatic rings. The van der Waals surface area contributed by atoms with E-state index in [9.17, 15) is 26.3 Å². The third-order valence-corrected chi connectivity index (χ3v) is 9.11. The smallest absolute Gasteiger partial charge is 0.405 e. The zero-order chi connectivity index (χ0) is 23.0. The van der Waals surface area contributed by atoms with Gasteiger partial charge in [-0.05, 0) is 56.4 Å². The summed E-state index contributed by atoms with van der Waals surface area (Å²) in [5.41, 5.74) is -1.35. The Hall–Kier alpha value is -1.29. The summed E-state index contributed by atoms with van der Waals surface area (Å²) in [5.74, 6) is -1.26. The van der Waals surface area contributed by atoms with Crippen molar-refractivity contribution in [3.63, 3.8) is 0 Å². The van der Waals surface area contributed by atoms with Gasteiger partial charge >= 0.3 is 12.5 Å². The van der Waals surface area contributed by atoms with Gasteiger partial charge in [-0.3, -0.25) is 0 Å². The summed E-state index contributed by atoms with van der Waals surface area (Å²) in [6, 6.07) is 2.46. The minimum Gasteiger partial charge on any atom is -0.405 e. The minimum absolute atomic E-state index is 0.0380. The first-order valence-corrected chi connectivity index (χ1v) is 12.0. The van der Waals surface area contributed by atoms with E-state index in [2.05, 4.69) is 43.3 Å². The molecule has 0 atom stereocenters. The molecule has 0 saturated heterocycles. The van der Waals surface area contributed by atoms with Crippen molar-refractivity contribution in [2.75, 3.05) is 17.8 Å². The third-order valence-electron chi connectivity index (χ3n) is 5.41. The number of halogens is 6. The topological polar surface area (TPSA) is 30.5 Å². The summed E-state index contributed by atoms with van der Waals surface area (Å²) in [7, 11) is -1.27. The lowest BCUT2D eigenvalue weighted by atomic mass is 9.93. The van der Waals surface area contributed by atoms with E-state index in [4.69, 9.17) is 4.18 Å². The molecular formula is C20H29F6NO2S. The Bertz CT molecular complexity index is 719. The summed E-state index contributed by atoms with van der Waals surface area (Å²) < 4.78 is 86.7. The quantitative estimate of drug-likeness (QED) is 0.474. The normalized spacial score (nSPS) is 22.0. The highest BCUT2D eigenvalue weighted by Crippen LogP contribution is 2.55. The van der Waals surface area contributed by atoms with Gasteiger partial charge in [0.2, 0.25) is 0 Å². The molecule has 1 saturated carbocycles. The van der Waals surface area contributed by atoms with Crippen LogP contribution in [-0.4, -0.2) is 35.8 Å². The number of hydrogen-bond donors (Lipinski definition) is 1. The highest BCUT2D eigenvalue weighted by Gasteiger charge is 2.40. The number of hydrogen-bond acceptors (Lipinski definition) is 3. The second-order valence-corrected chi connectivity index (χ2v) is 12.7. The average molecular weight is 462 g/mol. The van der Waals surface area contributed by atoms with E-state index in [-0.39, 0.29) is 22.6 Å². The monoisotopic (exact) mass is 461 g/mol. The van der Waals surface area contributed by atoms with Crippen LogP contribution in [0.25, 0.3) is 0 Å². The van der Waals surface area contributed by atoms with Crippen LogP contribution in [-0.2, 0) is 10.4 Å². The van der Waals surface area contributed by atoms with Crippen LogP contribution in [0.3, 0.4) is 0 Å². The van der Waals surface area contributed by atoms with Crippen molar-refractivity contribution in [2.24, 2.45) is 0 Å². The number of rotatable bonds is 5. The van der Waals surface area contributed by atoms with Crippen molar-refractivity contribution in [3.8, 4) is 5.75 Å². The molecule has 30 heavy (non-hydrogen) atoms. The zero-order valence-corrected chi connectivity index (χ0v) is 18.5. The van der Waals surface area contributed by atoms with Crippen molar-refractivity contribution in [2.45, 2.75) is 75.9 Å². The summed E-state index contributed by atoms with van der Waals surface area (Å²) in [6.45, 7) is 6.42. The van der Waals surface area contributed by atoms with Crippen molar-refractivity contribution in [1.82, 2.24) is 0 Å². The largest absolute Gasteiger partial charge is 0.573 e. The molecule has 0 spiro atoms. The number of alkyl halides is 6. The second kappa shape index (κ2) is 8.68. The maximum Gasteiger partial charge on any atom is 0.573 e. The molecule has 0 aliphatic heterocycles. The maximum absolute atomic E-state index is 13.2. The minimum atomic E-state index is -5.20. The van der Waals surface area contributed by atoms with Gasteiger partial charge in [-0.15, -0.1) is 23.5 Å². The summed E-state index contributed by atoms with van der Waals surface area (Å²) >= 11 is 0. The predicted octanol–water partition coefficient (Wildman–Crippen LogP) is 7.12. The molecule has 1 fully saturated rings. The Morgan fingerprint density at radius 1 is 0.933 bits per heavy atom. The number of nitrogens with one attached hydrogen (secondary N) is 1. The van der Waals surface area contributed by atoms with Gasteiger partial charge in [-0.1, -0.05) is 20.8 Å². The second-order valence-electron chi connectivity index (χ2n) is 8.82. The summed E-state index contributed by atoms with van der Waals surface area (Å²) in [5, 5.41) is 3.01. The lowest BCUT2D eigenvalue weighted by Gasteiger charge is -2.47. The van der Waals surface area contributed by atoms with Gasteiger partial charge in [-0.2, -0.15) is 13.2 Å². The Balaban J connectivity index is 2.03. The van der Waals surface area contributed by atoms with Crippen molar-refractivity contribution in [1.29, 1.82) is 0 Å². The van der Waals surface area contributed by atoms with E-state index in [0.717, 1.165) is 12.8 Å². The van der Waals surface area contributed by atoms with E-state index in [1.54, 1.807) is 0 Å². The van der Waals surface area contributed by atoms with E-state index in [1.807, 2.05) is 0 Å². The molecule has 0 radical (unpaired) electrons. The van der Waals surface area contributed by atoms with Crippen molar-refractivity contribution >= 4 is 16.0 Å². The van der Waals surface area contributed by atoms with Gasteiger partial charge in [0.25, 0.3) is 0 Å². The summed E-state index contributed by atoms with van der Waals surface area (Å²) in [6.07, 6.45) is -2.88. The highest BCUT2D eigenvalue weighted by atomic mass is 32.3. The highest BCUT2D eigenvalue weighted by molar-refractivity contribution is 8.29. The first-order chi connectivity index (χ1) is 13.5. The Kier molecular flexibility index (Phi) is 7.23. The fraction of sp³-hybridized carbons (Fsp3) is 0.700. The molecular weight excluding hydrogens is 432 g/mol. The van der Waals surface area contributed by atoms with Crippen LogP contribution in [0.1, 0.15) is 52.0 Å². The molecule has 0 bridgehead atoms. The van der Waals surface area contributed by atoms with Gasteiger partial charge in [0.15, 0.2) is 0 Å². The number of anilines is 1. The molecule has 3 nitrogen and oxygen atoms in total. The van der Waals surface area contributed by atoms with Gasteiger partial charge in [0.1, 0.15) is 5.75 Å². The number of ether oxygens (including phenoxy) is 1. The van der Waals surface area contributed by atoms with Crippen LogP contribution in [0.2, 0.25) is 0 Å². The van der Waals surface area contributed by atoms with Crippen molar-refractivity contribution in [3.05, 3.63) is 23.8 Å². The van der Waals surface area contributed by atoms with E-state index in [1.165, 1.54) is 6.07 Å². The van der Waals surface area contributed by atoms with Crippen LogP contribution < -0.4 is 10.1 Å². The molecule has 0 heterocycles. The first kappa shape index (κ1) is 25.0. The maximum atomic E-state index is 13.2. The molecule has 1 aromatic carbocycles. The third kappa shape index (κ3) is 6.87. The van der Waals surface area contributed by atoms with Gasteiger partial charge < -0.3 is 14.2 Å². The Morgan fingerprint density at radius 3 is 1.97 bits per heavy atom. The fourth-order valence-electron chi connectivity index (χ4n) is 3.08. The molecule has 0 amide bonds. The molecule has 10 heteroatoms.